The Hall–Kier alpha value is -1.71. The second-order valence-corrected chi connectivity index (χ2v) is 4.16. The Morgan fingerprint density at radius 1 is 1.11 bits per heavy atom. The zero-order valence-electron chi connectivity index (χ0n) is 9.70. The maximum Gasteiger partial charge on any atom is 0.573 e. The van der Waals surface area contributed by atoms with E-state index in [-0.39, 0.29) is 5.75 Å². The average Bonchev–Trinajstić information content (AvgIpc) is 2.31. The molecule has 0 spiro atoms. The molecule has 0 bridgehead atoms. The summed E-state index contributed by atoms with van der Waals surface area (Å²) >= 11 is 0. The summed E-state index contributed by atoms with van der Waals surface area (Å²) in [6.07, 6.45) is 4.36. The number of ether oxygens (including phenoxy) is 1. The van der Waals surface area contributed by atoms with Crippen LogP contribution in [0.5, 0.6) is 5.75 Å². The van der Waals surface area contributed by atoms with Crippen LogP contribution in [0.4, 0.5) is 13.2 Å². The Morgan fingerprint density at radius 2 is 1.83 bits per heavy atom. The lowest BCUT2D eigenvalue weighted by molar-refractivity contribution is -0.274. The van der Waals surface area contributed by atoms with Gasteiger partial charge in [-0.3, -0.25) is 0 Å². The lowest BCUT2D eigenvalue weighted by Crippen LogP contribution is -2.17. The van der Waals surface area contributed by atoms with Crippen LogP contribution >= 0.6 is 0 Å². The highest BCUT2D eigenvalue weighted by molar-refractivity contribution is 5.31. The highest BCUT2D eigenvalue weighted by Crippen LogP contribution is 2.24. The zero-order valence-corrected chi connectivity index (χ0v) is 9.70. The van der Waals surface area contributed by atoms with Gasteiger partial charge in [0.25, 0.3) is 0 Å². The Kier molecular flexibility index (Phi) is 3.75. The van der Waals surface area contributed by atoms with Crippen LogP contribution < -0.4 is 4.74 Å². The first kappa shape index (κ1) is 12.7. The van der Waals surface area contributed by atoms with Gasteiger partial charge in [0.1, 0.15) is 5.75 Å². The molecule has 96 valence electrons. The minimum Gasteiger partial charge on any atom is -0.406 e. The van der Waals surface area contributed by atoms with Crippen molar-refractivity contribution in [1.29, 1.82) is 0 Å². The van der Waals surface area contributed by atoms with E-state index in [1.165, 1.54) is 17.7 Å². The Balaban J connectivity index is 1.99. The third-order valence-corrected chi connectivity index (χ3v) is 2.69. The number of allylic oxidation sites excluding steroid dienone is 4. The van der Waals surface area contributed by atoms with Crippen molar-refractivity contribution < 1.29 is 17.9 Å². The van der Waals surface area contributed by atoms with Gasteiger partial charge in [0, 0.05) is 0 Å². The summed E-state index contributed by atoms with van der Waals surface area (Å²) < 4.78 is 39.7. The van der Waals surface area contributed by atoms with Crippen LogP contribution in [0, 0.1) is 0 Å². The van der Waals surface area contributed by atoms with E-state index >= 15 is 0 Å². The molecular formula is C14H13F3O. The number of hydrogen-bond donors (Lipinski definition) is 0. The van der Waals surface area contributed by atoms with E-state index in [0.29, 0.717) is 0 Å². The van der Waals surface area contributed by atoms with Crippen LogP contribution in [0.3, 0.4) is 0 Å². The van der Waals surface area contributed by atoms with E-state index in [1.54, 1.807) is 12.1 Å². The molecule has 1 nitrogen and oxygen atoms in total. The van der Waals surface area contributed by atoms with Crippen LogP contribution in [0.1, 0.15) is 18.4 Å². The van der Waals surface area contributed by atoms with Gasteiger partial charge < -0.3 is 4.74 Å². The molecule has 0 unspecified atom stereocenters. The summed E-state index contributed by atoms with van der Waals surface area (Å²) in [5.41, 5.74) is 2.29. The number of hydrogen-bond acceptors (Lipinski definition) is 1. The van der Waals surface area contributed by atoms with E-state index in [2.05, 4.69) is 16.9 Å². The monoisotopic (exact) mass is 254 g/mol. The third-order valence-electron chi connectivity index (χ3n) is 2.69. The minimum atomic E-state index is -4.63. The fourth-order valence-electron chi connectivity index (χ4n) is 1.87. The SMILES string of the molecule is FC(F)(F)Oc1ccc(CC2=CC=CCC2)cc1. The molecule has 0 aromatic heterocycles. The molecule has 0 aliphatic heterocycles. The average molecular weight is 254 g/mol. The first-order chi connectivity index (χ1) is 8.53. The molecule has 0 N–H and O–H groups in total. The van der Waals surface area contributed by atoms with Crippen LogP contribution in [0.25, 0.3) is 0 Å². The van der Waals surface area contributed by atoms with Crippen molar-refractivity contribution in [2.75, 3.05) is 0 Å². The van der Waals surface area contributed by atoms with E-state index in [1.807, 2.05) is 6.08 Å². The molecule has 4 heteroatoms. The fraction of sp³-hybridized carbons (Fsp3) is 0.286. The van der Waals surface area contributed by atoms with Gasteiger partial charge in [-0.15, -0.1) is 13.2 Å². The van der Waals surface area contributed by atoms with Gasteiger partial charge in [-0.05, 0) is 37.0 Å². The van der Waals surface area contributed by atoms with Crippen LogP contribution in [-0.4, -0.2) is 6.36 Å². The molecule has 1 aromatic carbocycles. The second-order valence-electron chi connectivity index (χ2n) is 4.16. The number of alkyl halides is 3. The summed E-state index contributed by atoms with van der Waals surface area (Å²) in [7, 11) is 0. The molecule has 0 heterocycles. The van der Waals surface area contributed by atoms with Crippen molar-refractivity contribution in [2.45, 2.75) is 25.6 Å². The van der Waals surface area contributed by atoms with Crippen molar-refractivity contribution >= 4 is 0 Å². The number of rotatable bonds is 3. The van der Waals surface area contributed by atoms with Crippen molar-refractivity contribution in [3.63, 3.8) is 0 Å². The maximum absolute atomic E-state index is 12.0. The molecule has 18 heavy (non-hydrogen) atoms. The molecule has 1 aliphatic carbocycles. The predicted molar refractivity (Wildman–Crippen MR) is 63.3 cm³/mol. The van der Waals surface area contributed by atoms with Crippen molar-refractivity contribution in [2.24, 2.45) is 0 Å². The normalized spacial score (nSPS) is 15.4. The Labute approximate surface area is 104 Å². The zero-order chi connectivity index (χ0) is 13.0. The van der Waals surface area contributed by atoms with E-state index in [9.17, 15) is 13.2 Å². The molecule has 0 fully saturated rings. The lowest BCUT2D eigenvalue weighted by Gasteiger charge is -2.11. The highest BCUT2D eigenvalue weighted by atomic mass is 19.4. The van der Waals surface area contributed by atoms with Gasteiger partial charge >= 0.3 is 6.36 Å². The smallest absolute Gasteiger partial charge is 0.406 e. The second kappa shape index (κ2) is 5.29. The first-order valence-electron chi connectivity index (χ1n) is 5.72. The van der Waals surface area contributed by atoms with Gasteiger partial charge in [-0.2, -0.15) is 0 Å². The first-order valence-corrected chi connectivity index (χ1v) is 5.72. The standard InChI is InChI=1S/C14H13F3O/c15-14(16,17)18-13-8-6-12(7-9-13)10-11-4-2-1-3-5-11/h1-2,4,6-9H,3,5,10H2. The summed E-state index contributed by atoms with van der Waals surface area (Å²) in [5, 5.41) is 0. The number of benzene rings is 1. The van der Waals surface area contributed by atoms with E-state index in [0.717, 1.165) is 24.8 Å². The third kappa shape index (κ3) is 3.95. The number of halogens is 3. The molecule has 2 rings (SSSR count). The largest absolute Gasteiger partial charge is 0.573 e. The Bertz CT molecular complexity index is 455. The molecule has 0 atom stereocenters. The van der Waals surface area contributed by atoms with Gasteiger partial charge in [0.15, 0.2) is 0 Å². The minimum absolute atomic E-state index is 0.177. The van der Waals surface area contributed by atoms with Crippen molar-refractivity contribution in [1.82, 2.24) is 0 Å². The van der Waals surface area contributed by atoms with E-state index in [4.69, 9.17) is 0 Å². The summed E-state index contributed by atoms with van der Waals surface area (Å²) in [6, 6.07) is 6.03. The van der Waals surface area contributed by atoms with Crippen molar-refractivity contribution in [3.8, 4) is 5.75 Å². The Morgan fingerprint density at radius 3 is 2.39 bits per heavy atom. The highest BCUT2D eigenvalue weighted by Gasteiger charge is 2.30. The van der Waals surface area contributed by atoms with Crippen LogP contribution in [0.15, 0.2) is 48.1 Å². The lowest BCUT2D eigenvalue weighted by atomic mass is 9.98. The topological polar surface area (TPSA) is 9.23 Å². The molecule has 0 amide bonds. The molecule has 0 radical (unpaired) electrons. The van der Waals surface area contributed by atoms with Gasteiger partial charge in [-0.25, -0.2) is 0 Å². The molecule has 0 saturated heterocycles. The summed E-state index contributed by atoms with van der Waals surface area (Å²) in [6.45, 7) is 0. The van der Waals surface area contributed by atoms with Gasteiger partial charge in [-0.1, -0.05) is 35.9 Å². The van der Waals surface area contributed by atoms with Crippen LogP contribution in [-0.2, 0) is 6.42 Å². The predicted octanol–water partition coefficient (Wildman–Crippen LogP) is 4.40. The van der Waals surface area contributed by atoms with Crippen molar-refractivity contribution in [3.05, 3.63) is 53.6 Å². The van der Waals surface area contributed by atoms with E-state index < -0.39 is 6.36 Å². The summed E-state index contributed by atoms with van der Waals surface area (Å²) in [5.74, 6) is -0.177. The van der Waals surface area contributed by atoms with Gasteiger partial charge in [0.2, 0.25) is 0 Å². The van der Waals surface area contributed by atoms with Crippen LogP contribution in [0.2, 0.25) is 0 Å². The molecule has 0 saturated carbocycles. The molecule has 1 aliphatic rings. The summed E-state index contributed by atoms with van der Waals surface area (Å²) in [4.78, 5) is 0. The maximum atomic E-state index is 12.0. The fourth-order valence-corrected chi connectivity index (χ4v) is 1.87. The molecule has 1 aromatic rings. The van der Waals surface area contributed by atoms with Gasteiger partial charge in [0.05, 0.1) is 0 Å². The molecular weight excluding hydrogens is 241 g/mol. The quantitative estimate of drug-likeness (QED) is 0.776.